The molecule has 1 saturated heterocycles. The van der Waals surface area contributed by atoms with Crippen molar-refractivity contribution in [3.05, 3.63) is 59.7 Å². The van der Waals surface area contributed by atoms with Crippen molar-refractivity contribution in [1.29, 1.82) is 0 Å². The van der Waals surface area contributed by atoms with Gasteiger partial charge in [0.2, 0.25) is 11.8 Å². The topological polar surface area (TPSA) is 49.4 Å². The largest absolute Gasteiger partial charge is 0.326 e. The Morgan fingerprint density at radius 2 is 1.83 bits per heavy atom. The molecule has 4 nitrogen and oxygen atoms in total. The summed E-state index contributed by atoms with van der Waals surface area (Å²) < 4.78 is 0. The van der Waals surface area contributed by atoms with Gasteiger partial charge < -0.3 is 5.32 Å². The number of nitrogens with one attached hydrogen (secondary N) is 1. The number of amides is 2. The fraction of sp³-hybridized carbons (Fsp3) is 0.263. The van der Waals surface area contributed by atoms with E-state index in [1.807, 2.05) is 41.3 Å². The summed E-state index contributed by atoms with van der Waals surface area (Å²) in [5.74, 6) is 0.513. The molecular weight excluding hydrogens is 320 g/mol. The zero-order valence-corrected chi connectivity index (χ0v) is 14.6. The molecule has 0 bridgehead atoms. The van der Waals surface area contributed by atoms with Gasteiger partial charge in [0.15, 0.2) is 0 Å². The third kappa shape index (κ3) is 3.46. The molecular formula is C19H20N2O2S. The van der Waals surface area contributed by atoms with E-state index in [0.717, 1.165) is 23.4 Å². The molecule has 0 aliphatic carbocycles. The molecule has 124 valence electrons. The predicted octanol–water partition coefficient (Wildman–Crippen LogP) is 3.99. The first kappa shape index (κ1) is 16.6. The van der Waals surface area contributed by atoms with E-state index in [9.17, 15) is 9.59 Å². The summed E-state index contributed by atoms with van der Waals surface area (Å²) in [4.78, 5) is 25.4. The van der Waals surface area contributed by atoms with Crippen LogP contribution in [-0.2, 0) is 16.0 Å². The average molecular weight is 340 g/mol. The Hall–Kier alpha value is -2.27. The number of thioether (sulfide) groups is 1. The van der Waals surface area contributed by atoms with E-state index >= 15 is 0 Å². The Morgan fingerprint density at radius 3 is 2.42 bits per heavy atom. The third-order valence-corrected chi connectivity index (χ3v) is 5.22. The van der Waals surface area contributed by atoms with E-state index < -0.39 is 0 Å². The molecule has 1 N–H and O–H groups in total. The van der Waals surface area contributed by atoms with Crippen molar-refractivity contribution in [2.75, 3.05) is 16.0 Å². The monoisotopic (exact) mass is 340 g/mol. The van der Waals surface area contributed by atoms with E-state index in [2.05, 4.69) is 24.4 Å². The van der Waals surface area contributed by atoms with Gasteiger partial charge in [0.05, 0.1) is 5.75 Å². The van der Waals surface area contributed by atoms with E-state index in [1.54, 1.807) is 11.8 Å². The van der Waals surface area contributed by atoms with Gasteiger partial charge >= 0.3 is 0 Å². The minimum absolute atomic E-state index is 0.0312. The van der Waals surface area contributed by atoms with Crippen molar-refractivity contribution in [3.8, 4) is 0 Å². The summed E-state index contributed by atoms with van der Waals surface area (Å²) in [6.07, 6.45) is 0.983. The zero-order chi connectivity index (χ0) is 17.1. The van der Waals surface area contributed by atoms with Crippen LogP contribution in [0.25, 0.3) is 0 Å². The first-order chi connectivity index (χ1) is 11.6. The number of carbonyl (C=O) groups excluding carboxylic acids is 2. The second-order valence-corrected chi connectivity index (χ2v) is 6.82. The van der Waals surface area contributed by atoms with Crippen LogP contribution in [0.1, 0.15) is 30.3 Å². The number of hydrogen-bond acceptors (Lipinski definition) is 3. The van der Waals surface area contributed by atoms with Crippen LogP contribution in [0.2, 0.25) is 0 Å². The minimum Gasteiger partial charge on any atom is -0.326 e. The van der Waals surface area contributed by atoms with Gasteiger partial charge in [-0.2, -0.15) is 0 Å². The number of rotatable bonds is 4. The molecule has 0 saturated carbocycles. The highest BCUT2D eigenvalue weighted by molar-refractivity contribution is 8.00. The van der Waals surface area contributed by atoms with Gasteiger partial charge in [0.1, 0.15) is 5.37 Å². The molecule has 1 aliphatic rings. The highest BCUT2D eigenvalue weighted by Gasteiger charge is 2.33. The lowest BCUT2D eigenvalue weighted by molar-refractivity contribution is -0.116. The third-order valence-electron chi connectivity index (χ3n) is 4.01. The van der Waals surface area contributed by atoms with Crippen molar-refractivity contribution in [2.45, 2.75) is 25.6 Å². The summed E-state index contributed by atoms with van der Waals surface area (Å²) in [6.45, 7) is 3.60. The second kappa shape index (κ2) is 7.09. The summed E-state index contributed by atoms with van der Waals surface area (Å²) in [6, 6.07) is 15.9. The Morgan fingerprint density at radius 1 is 1.17 bits per heavy atom. The van der Waals surface area contributed by atoms with E-state index in [-0.39, 0.29) is 17.2 Å². The number of aryl methyl sites for hydroxylation is 1. The minimum atomic E-state index is -0.0918. The van der Waals surface area contributed by atoms with Crippen LogP contribution in [0.3, 0.4) is 0 Å². The number of nitrogens with zero attached hydrogens (tertiary/aromatic N) is 1. The Balaban J connectivity index is 1.85. The predicted molar refractivity (Wildman–Crippen MR) is 99.3 cm³/mol. The maximum atomic E-state index is 12.4. The quantitative estimate of drug-likeness (QED) is 0.916. The van der Waals surface area contributed by atoms with Gasteiger partial charge in [-0.25, -0.2) is 0 Å². The van der Waals surface area contributed by atoms with Crippen LogP contribution in [0.15, 0.2) is 48.5 Å². The van der Waals surface area contributed by atoms with Gasteiger partial charge in [0.25, 0.3) is 0 Å². The van der Waals surface area contributed by atoms with Gasteiger partial charge in [-0.3, -0.25) is 14.5 Å². The van der Waals surface area contributed by atoms with Crippen molar-refractivity contribution in [1.82, 2.24) is 0 Å². The maximum Gasteiger partial charge on any atom is 0.238 e. The number of anilines is 2. The molecule has 0 radical (unpaired) electrons. The lowest BCUT2D eigenvalue weighted by Crippen LogP contribution is -2.27. The molecule has 1 heterocycles. The molecule has 1 atom stereocenters. The highest BCUT2D eigenvalue weighted by atomic mass is 32.2. The fourth-order valence-corrected chi connectivity index (χ4v) is 3.95. The van der Waals surface area contributed by atoms with Gasteiger partial charge in [-0.15, -0.1) is 11.8 Å². The van der Waals surface area contributed by atoms with Crippen molar-refractivity contribution in [3.63, 3.8) is 0 Å². The number of hydrogen-bond donors (Lipinski definition) is 1. The molecule has 3 rings (SSSR count). The van der Waals surface area contributed by atoms with Crippen molar-refractivity contribution < 1.29 is 9.59 Å². The first-order valence-electron chi connectivity index (χ1n) is 7.98. The molecule has 2 amide bonds. The van der Waals surface area contributed by atoms with E-state index in [0.29, 0.717) is 5.75 Å². The summed E-state index contributed by atoms with van der Waals surface area (Å²) >= 11 is 1.63. The molecule has 5 heteroatoms. The Kier molecular flexibility index (Phi) is 4.90. The van der Waals surface area contributed by atoms with Crippen LogP contribution in [0.5, 0.6) is 0 Å². The molecule has 2 aromatic carbocycles. The molecule has 1 fully saturated rings. The second-order valence-electron chi connectivity index (χ2n) is 5.75. The van der Waals surface area contributed by atoms with Crippen LogP contribution >= 0.6 is 11.8 Å². The van der Waals surface area contributed by atoms with E-state index in [1.165, 1.54) is 12.5 Å². The molecule has 0 unspecified atom stereocenters. The maximum absolute atomic E-state index is 12.4. The van der Waals surface area contributed by atoms with Gasteiger partial charge in [-0.1, -0.05) is 31.2 Å². The lowest BCUT2D eigenvalue weighted by atomic mass is 10.1. The normalized spacial score (nSPS) is 17.2. The molecule has 24 heavy (non-hydrogen) atoms. The first-order valence-corrected chi connectivity index (χ1v) is 9.03. The van der Waals surface area contributed by atoms with Crippen LogP contribution in [-0.4, -0.2) is 17.6 Å². The fourth-order valence-electron chi connectivity index (χ4n) is 2.78. The Labute approximate surface area is 146 Å². The van der Waals surface area contributed by atoms with Crippen LogP contribution < -0.4 is 10.2 Å². The Bertz CT molecular complexity index is 741. The SMILES string of the molecule is CCc1ccc(N2C(=O)CS[C@@H]2c2ccc(NC(C)=O)cc2)cc1. The highest BCUT2D eigenvalue weighted by Crippen LogP contribution is 2.41. The number of carbonyl (C=O) groups is 2. The zero-order valence-electron chi connectivity index (χ0n) is 13.8. The van der Waals surface area contributed by atoms with Gasteiger partial charge in [0, 0.05) is 18.3 Å². The molecule has 0 spiro atoms. The standard InChI is InChI=1S/C19H20N2O2S/c1-3-14-4-10-17(11-5-14)21-18(23)12-24-19(21)15-6-8-16(9-7-15)20-13(2)22/h4-11,19H,3,12H2,1-2H3,(H,20,22)/t19-/m1/s1. The van der Waals surface area contributed by atoms with Crippen LogP contribution in [0, 0.1) is 0 Å². The average Bonchev–Trinajstić information content (AvgIpc) is 2.97. The van der Waals surface area contributed by atoms with Crippen molar-refractivity contribution in [2.24, 2.45) is 0 Å². The lowest BCUT2D eigenvalue weighted by Gasteiger charge is -2.24. The summed E-state index contributed by atoms with van der Waals surface area (Å²) in [5, 5.41) is 2.73. The van der Waals surface area contributed by atoms with Gasteiger partial charge in [-0.05, 0) is 41.8 Å². The van der Waals surface area contributed by atoms with Crippen LogP contribution in [0.4, 0.5) is 11.4 Å². The summed E-state index contributed by atoms with van der Waals surface area (Å²) in [7, 11) is 0. The molecule has 2 aromatic rings. The smallest absolute Gasteiger partial charge is 0.238 e. The number of benzene rings is 2. The van der Waals surface area contributed by atoms with E-state index in [4.69, 9.17) is 0 Å². The van der Waals surface area contributed by atoms with Crippen molar-refractivity contribution >= 4 is 35.0 Å². The molecule has 1 aliphatic heterocycles. The molecule has 0 aromatic heterocycles. The summed E-state index contributed by atoms with van der Waals surface area (Å²) in [5.41, 5.74) is 4.01.